The maximum absolute atomic E-state index is 13.4. The average Bonchev–Trinajstić information content (AvgIpc) is 2.36. The molecule has 0 aliphatic rings. The predicted octanol–water partition coefficient (Wildman–Crippen LogP) is 2.94. The Labute approximate surface area is 106 Å². The quantitative estimate of drug-likeness (QED) is 0.821. The number of rotatable bonds is 2. The number of hydrogen-bond donors (Lipinski definition) is 2. The normalized spacial score (nSPS) is 10.3. The number of anilines is 2. The third-order valence-corrected chi connectivity index (χ3v) is 2.43. The van der Waals surface area contributed by atoms with Gasteiger partial charge in [-0.15, -0.1) is 0 Å². The van der Waals surface area contributed by atoms with Crippen LogP contribution >= 0.6 is 0 Å². The van der Waals surface area contributed by atoms with Gasteiger partial charge in [-0.25, -0.2) is 13.2 Å². The number of nitrogen functional groups attached to an aromatic ring is 1. The van der Waals surface area contributed by atoms with Crippen LogP contribution in [0.4, 0.5) is 24.5 Å². The van der Waals surface area contributed by atoms with Crippen molar-refractivity contribution < 1.29 is 18.0 Å². The first-order valence-electron chi connectivity index (χ1n) is 5.29. The fraction of sp³-hybridized carbons (Fsp3) is 0. The number of hydrogen-bond acceptors (Lipinski definition) is 2. The molecule has 3 nitrogen and oxygen atoms in total. The molecule has 2 aromatic rings. The Morgan fingerprint density at radius 3 is 2.37 bits per heavy atom. The highest BCUT2D eigenvalue weighted by Crippen LogP contribution is 2.18. The predicted molar refractivity (Wildman–Crippen MR) is 65.1 cm³/mol. The van der Waals surface area contributed by atoms with Gasteiger partial charge >= 0.3 is 0 Å². The first-order chi connectivity index (χ1) is 8.97. The minimum absolute atomic E-state index is 0.155. The second-order valence-corrected chi connectivity index (χ2v) is 3.81. The van der Waals surface area contributed by atoms with Crippen LogP contribution in [0.3, 0.4) is 0 Å². The van der Waals surface area contributed by atoms with Crippen molar-refractivity contribution in [3.8, 4) is 0 Å². The lowest BCUT2D eigenvalue weighted by Crippen LogP contribution is -2.14. The highest BCUT2D eigenvalue weighted by molar-refractivity contribution is 6.04. The smallest absolute Gasteiger partial charge is 0.258 e. The molecule has 0 unspecified atom stereocenters. The van der Waals surface area contributed by atoms with Gasteiger partial charge in [0.1, 0.15) is 17.5 Å². The van der Waals surface area contributed by atoms with Crippen molar-refractivity contribution in [1.82, 2.24) is 0 Å². The molecule has 0 atom stereocenters. The van der Waals surface area contributed by atoms with E-state index in [4.69, 9.17) is 5.73 Å². The molecular weight excluding hydrogens is 257 g/mol. The first kappa shape index (κ1) is 12.9. The van der Waals surface area contributed by atoms with E-state index in [2.05, 4.69) is 5.32 Å². The molecule has 98 valence electrons. The van der Waals surface area contributed by atoms with Gasteiger partial charge in [0.25, 0.3) is 5.91 Å². The summed E-state index contributed by atoms with van der Waals surface area (Å²) in [5.41, 5.74) is 4.92. The van der Waals surface area contributed by atoms with Crippen molar-refractivity contribution in [2.24, 2.45) is 0 Å². The van der Waals surface area contributed by atoms with E-state index < -0.39 is 28.9 Å². The highest BCUT2D eigenvalue weighted by atomic mass is 19.1. The summed E-state index contributed by atoms with van der Waals surface area (Å²) in [4.78, 5) is 11.7. The van der Waals surface area contributed by atoms with Crippen LogP contribution in [0.25, 0.3) is 0 Å². The minimum Gasteiger partial charge on any atom is -0.396 e. The number of carbonyl (C=O) groups is 1. The molecular formula is C13H9F3N2O. The molecule has 2 aromatic carbocycles. The average molecular weight is 266 g/mol. The SMILES string of the molecule is Nc1cc(NC(=O)c2cc(F)ccc2F)ccc1F. The molecule has 19 heavy (non-hydrogen) atoms. The second-order valence-electron chi connectivity index (χ2n) is 3.81. The number of halogens is 3. The summed E-state index contributed by atoms with van der Waals surface area (Å²) in [5, 5.41) is 2.30. The van der Waals surface area contributed by atoms with Gasteiger partial charge < -0.3 is 11.1 Å². The molecule has 0 radical (unpaired) electrons. The van der Waals surface area contributed by atoms with Crippen LogP contribution in [0, 0.1) is 17.5 Å². The van der Waals surface area contributed by atoms with Crippen LogP contribution in [0.2, 0.25) is 0 Å². The molecule has 0 aliphatic heterocycles. The lowest BCUT2D eigenvalue weighted by atomic mass is 10.2. The van der Waals surface area contributed by atoms with Crippen LogP contribution < -0.4 is 11.1 Å². The maximum atomic E-state index is 13.4. The van der Waals surface area contributed by atoms with Gasteiger partial charge in [0.05, 0.1) is 11.3 Å². The van der Waals surface area contributed by atoms with Gasteiger partial charge in [-0.1, -0.05) is 0 Å². The second kappa shape index (κ2) is 5.01. The number of benzene rings is 2. The van der Waals surface area contributed by atoms with E-state index in [0.29, 0.717) is 0 Å². The molecule has 6 heteroatoms. The molecule has 0 saturated carbocycles. The largest absolute Gasteiger partial charge is 0.396 e. The third kappa shape index (κ3) is 2.85. The number of carbonyl (C=O) groups excluding carboxylic acids is 1. The lowest BCUT2D eigenvalue weighted by Gasteiger charge is -2.07. The van der Waals surface area contributed by atoms with Crippen molar-refractivity contribution in [3.05, 3.63) is 59.4 Å². The van der Waals surface area contributed by atoms with E-state index in [1.807, 2.05) is 0 Å². The summed E-state index contributed by atoms with van der Waals surface area (Å²) in [6, 6.07) is 6.04. The van der Waals surface area contributed by atoms with Crippen LogP contribution in [0.1, 0.15) is 10.4 Å². The molecule has 0 aromatic heterocycles. The Bertz CT molecular complexity index is 644. The van der Waals surface area contributed by atoms with Crippen molar-refractivity contribution in [2.45, 2.75) is 0 Å². The van der Waals surface area contributed by atoms with Gasteiger partial charge in [0, 0.05) is 5.69 Å². The van der Waals surface area contributed by atoms with Gasteiger partial charge in [-0.2, -0.15) is 0 Å². The van der Waals surface area contributed by atoms with Crippen LogP contribution in [-0.2, 0) is 0 Å². The molecule has 2 rings (SSSR count). The monoisotopic (exact) mass is 266 g/mol. The van der Waals surface area contributed by atoms with E-state index >= 15 is 0 Å². The minimum atomic E-state index is -0.853. The first-order valence-corrected chi connectivity index (χ1v) is 5.29. The van der Waals surface area contributed by atoms with E-state index in [1.54, 1.807) is 0 Å². The fourth-order valence-electron chi connectivity index (χ4n) is 1.49. The topological polar surface area (TPSA) is 55.1 Å². The number of nitrogens with one attached hydrogen (secondary N) is 1. The zero-order chi connectivity index (χ0) is 14.0. The van der Waals surface area contributed by atoms with Crippen LogP contribution in [0.15, 0.2) is 36.4 Å². The van der Waals surface area contributed by atoms with Gasteiger partial charge in [0.15, 0.2) is 0 Å². The number of nitrogens with two attached hydrogens (primary N) is 1. The Hall–Kier alpha value is -2.50. The van der Waals surface area contributed by atoms with Gasteiger partial charge in [-0.05, 0) is 36.4 Å². The van der Waals surface area contributed by atoms with Gasteiger partial charge in [-0.3, -0.25) is 4.79 Å². The molecule has 0 fully saturated rings. The Balaban J connectivity index is 2.25. The Morgan fingerprint density at radius 2 is 1.68 bits per heavy atom. The van der Waals surface area contributed by atoms with E-state index in [9.17, 15) is 18.0 Å². The summed E-state index contributed by atoms with van der Waals surface area (Å²) in [7, 11) is 0. The molecule has 3 N–H and O–H groups in total. The molecule has 0 aliphatic carbocycles. The molecule has 0 saturated heterocycles. The zero-order valence-corrected chi connectivity index (χ0v) is 9.58. The molecule has 0 heterocycles. The summed E-state index contributed by atoms with van der Waals surface area (Å²) in [6.07, 6.45) is 0. The molecule has 0 bridgehead atoms. The Kier molecular flexibility index (Phi) is 3.41. The summed E-state index contributed by atoms with van der Waals surface area (Å²) in [5.74, 6) is -3.06. The van der Waals surface area contributed by atoms with Crippen molar-refractivity contribution in [1.29, 1.82) is 0 Å². The maximum Gasteiger partial charge on any atom is 0.258 e. The molecule has 1 amide bonds. The highest BCUT2D eigenvalue weighted by Gasteiger charge is 2.13. The van der Waals surface area contributed by atoms with Crippen LogP contribution in [0.5, 0.6) is 0 Å². The number of amides is 1. The summed E-state index contributed by atoms with van der Waals surface area (Å²) in [6.45, 7) is 0. The van der Waals surface area contributed by atoms with Gasteiger partial charge in [0.2, 0.25) is 0 Å². The third-order valence-electron chi connectivity index (χ3n) is 2.43. The standard InChI is InChI=1S/C13H9F3N2O/c14-7-1-3-10(15)9(5-7)13(19)18-8-2-4-11(16)12(17)6-8/h1-6H,17H2,(H,18,19). The lowest BCUT2D eigenvalue weighted by molar-refractivity contribution is 0.102. The zero-order valence-electron chi connectivity index (χ0n) is 9.58. The van der Waals surface area contributed by atoms with E-state index in [0.717, 1.165) is 24.3 Å². The fourth-order valence-corrected chi connectivity index (χ4v) is 1.49. The summed E-state index contributed by atoms with van der Waals surface area (Å²) < 4.78 is 39.2. The van der Waals surface area contributed by atoms with Crippen molar-refractivity contribution >= 4 is 17.3 Å². The van der Waals surface area contributed by atoms with Crippen molar-refractivity contribution in [2.75, 3.05) is 11.1 Å². The summed E-state index contributed by atoms with van der Waals surface area (Å²) >= 11 is 0. The van der Waals surface area contributed by atoms with E-state index in [1.165, 1.54) is 12.1 Å². The molecule has 0 spiro atoms. The van der Waals surface area contributed by atoms with E-state index in [-0.39, 0.29) is 11.4 Å². The van der Waals surface area contributed by atoms with Crippen LogP contribution in [-0.4, -0.2) is 5.91 Å². The van der Waals surface area contributed by atoms with Crippen molar-refractivity contribution in [3.63, 3.8) is 0 Å². The Morgan fingerprint density at radius 1 is 1.00 bits per heavy atom.